The lowest BCUT2D eigenvalue weighted by atomic mass is 10.0. The number of anilines is 1. The number of methoxy groups -OCH3 is 1. The van der Waals surface area contributed by atoms with Crippen molar-refractivity contribution < 1.29 is 19.1 Å². The van der Waals surface area contributed by atoms with Gasteiger partial charge in [-0.3, -0.25) is 4.79 Å². The molecule has 0 aliphatic carbocycles. The van der Waals surface area contributed by atoms with Gasteiger partial charge in [-0.05, 0) is 48.9 Å². The highest BCUT2D eigenvalue weighted by Crippen LogP contribution is 2.40. The number of esters is 1. The van der Waals surface area contributed by atoms with Crippen molar-refractivity contribution in [1.82, 2.24) is 0 Å². The number of hydrogen-bond acceptors (Lipinski definition) is 5. The summed E-state index contributed by atoms with van der Waals surface area (Å²) in [5.74, 6) is -0.285. The van der Waals surface area contributed by atoms with Gasteiger partial charge in [-0.25, -0.2) is 4.79 Å². The van der Waals surface area contributed by atoms with E-state index in [1.165, 1.54) is 18.4 Å². The Labute approximate surface area is 189 Å². The van der Waals surface area contributed by atoms with Crippen LogP contribution >= 0.6 is 43.2 Å². The standard InChI is InChI=1S/C21H17Br2NO4S/c1-12-18(13-3-5-14(22)6-4-13)19(21(26)27-2)20(29-12)24-17(25)11-28-16-9-7-15(23)8-10-16/h3-10H,11H2,1-2H3,(H,24,25). The second-order valence-electron chi connectivity index (χ2n) is 6.03. The molecule has 0 spiro atoms. The number of carbonyl (C=O) groups is 2. The van der Waals surface area contributed by atoms with Crippen LogP contribution in [0.3, 0.4) is 0 Å². The molecule has 3 aromatic rings. The van der Waals surface area contributed by atoms with Gasteiger partial charge in [-0.2, -0.15) is 0 Å². The van der Waals surface area contributed by atoms with Gasteiger partial charge in [0.05, 0.1) is 7.11 Å². The zero-order valence-electron chi connectivity index (χ0n) is 15.6. The Morgan fingerprint density at radius 1 is 1.00 bits per heavy atom. The lowest BCUT2D eigenvalue weighted by Gasteiger charge is -2.09. The van der Waals surface area contributed by atoms with Crippen molar-refractivity contribution in [2.75, 3.05) is 19.0 Å². The highest BCUT2D eigenvalue weighted by Gasteiger charge is 2.25. The third-order valence-electron chi connectivity index (χ3n) is 4.04. The molecule has 150 valence electrons. The van der Waals surface area contributed by atoms with Crippen LogP contribution in [-0.4, -0.2) is 25.6 Å². The Kier molecular flexibility index (Phi) is 7.10. The van der Waals surface area contributed by atoms with Gasteiger partial charge in [0.25, 0.3) is 5.91 Å². The summed E-state index contributed by atoms with van der Waals surface area (Å²) in [6.45, 7) is 1.73. The first-order chi connectivity index (χ1) is 13.9. The number of carbonyl (C=O) groups excluding carboxylic acids is 2. The van der Waals surface area contributed by atoms with Crippen LogP contribution < -0.4 is 10.1 Å². The Morgan fingerprint density at radius 2 is 1.59 bits per heavy atom. The van der Waals surface area contributed by atoms with Crippen LogP contribution in [0.2, 0.25) is 0 Å². The van der Waals surface area contributed by atoms with E-state index in [0.29, 0.717) is 16.3 Å². The van der Waals surface area contributed by atoms with Gasteiger partial charge in [0.2, 0.25) is 0 Å². The molecule has 8 heteroatoms. The summed E-state index contributed by atoms with van der Waals surface area (Å²) in [6.07, 6.45) is 0. The molecular formula is C21H17Br2NO4S. The van der Waals surface area contributed by atoms with Gasteiger partial charge in [0.1, 0.15) is 16.3 Å². The highest BCUT2D eigenvalue weighted by atomic mass is 79.9. The van der Waals surface area contributed by atoms with Crippen molar-refractivity contribution in [2.24, 2.45) is 0 Å². The third-order valence-corrected chi connectivity index (χ3v) is 6.12. The number of aryl methyl sites for hydroxylation is 1. The smallest absolute Gasteiger partial charge is 0.341 e. The van der Waals surface area contributed by atoms with Crippen LogP contribution in [0, 0.1) is 6.92 Å². The van der Waals surface area contributed by atoms with Crippen molar-refractivity contribution in [3.8, 4) is 16.9 Å². The number of amides is 1. The summed E-state index contributed by atoms with van der Waals surface area (Å²) in [4.78, 5) is 25.8. The lowest BCUT2D eigenvalue weighted by Crippen LogP contribution is -2.21. The molecule has 5 nitrogen and oxygen atoms in total. The second kappa shape index (κ2) is 9.56. The van der Waals surface area contributed by atoms with Gasteiger partial charge in [0.15, 0.2) is 6.61 Å². The SMILES string of the molecule is COC(=O)c1c(NC(=O)COc2ccc(Br)cc2)sc(C)c1-c1ccc(Br)cc1. The molecule has 1 N–H and O–H groups in total. The normalized spacial score (nSPS) is 10.5. The summed E-state index contributed by atoms with van der Waals surface area (Å²) in [6, 6.07) is 14.8. The van der Waals surface area contributed by atoms with Crippen molar-refractivity contribution in [3.05, 3.63) is 67.9 Å². The van der Waals surface area contributed by atoms with Crippen LogP contribution in [0.25, 0.3) is 11.1 Å². The predicted octanol–water partition coefficient (Wildman–Crippen LogP) is 6.05. The van der Waals surface area contributed by atoms with E-state index < -0.39 is 5.97 Å². The van der Waals surface area contributed by atoms with Crippen LogP contribution in [0.5, 0.6) is 5.75 Å². The molecule has 0 saturated carbocycles. The molecule has 0 fully saturated rings. The van der Waals surface area contributed by atoms with Crippen molar-refractivity contribution >= 4 is 60.1 Å². The Balaban J connectivity index is 1.83. The minimum atomic E-state index is -0.503. The first kappa shape index (κ1) is 21.5. The van der Waals surface area contributed by atoms with E-state index in [1.54, 1.807) is 12.1 Å². The molecule has 1 aromatic heterocycles. The van der Waals surface area contributed by atoms with E-state index in [-0.39, 0.29) is 12.5 Å². The minimum absolute atomic E-state index is 0.174. The molecule has 1 heterocycles. The molecule has 2 aromatic carbocycles. The van der Waals surface area contributed by atoms with Crippen molar-refractivity contribution in [3.63, 3.8) is 0 Å². The van der Waals surface area contributed by atoms with E-state index in [2.05, 4.69) is 37.2 Å². The van der Waals surface area contributed by atoms with E-state index >= 15 is 0 Å². The van der Waals surface area contributed by atoms with Crippen molar-refractivity contribution in [1.29, 1.82) is 0 Å². The minimum Gasteiger partial charge on any atom is -0.484 e. The van der Waals surface area contributed by atoms with Crippen LogP contribution in [0.15, 0.2) is 57.5 Å². The number of thiophene rings is 1. The second-order valence-corrected chi connectivity index (χ2v) is 9.08. The molecule has 0 bridgehead atoms. The number of benzene rings is 2. The Hall–Kier alpha value is -2.16. The average Bonchev–Trinajstić information content (AvgIpc) is 3.03. The summed E-state index contributed by atoms with van der Waals surface area (Å²) in [5, 5.41) is 3.23. The molecule has 0 unspecified atom stereocenters. The van der Waals surface area contributed by atoms with Gasteiger partial charge >= 0.3 is 5.97 Å². The number of hydrogen-bond donors (Lipinski definition) is 1. The summed E-state index contributed by atoms with van der Waals surface area (Å²) < 4.78 is 12.3. The quantitative estimate of drug-likeness (QED) is 0.388. The largest absolute Gasteiger partial charge is 0.484 e. The number of halogens is 2. The zero-order chi connectivity index (χ0) is 21.0. The number of rotatable bonds is 6. The molecule has 3 rings (SSSR count). The molecule has 0 aliphatic rings. The van der Waals surface area contributed by atoms with Gasteiger partial charge in [-0.1, -0.05) is 44.0 Å². The summed E-state index contributed by atoms with van der Waals surface area (Å²) in [7, 11) is 1.32. The Morgan fingerprint density at radius 3 is 2.17 bits per heavy atom. The van der Waals surface area contributed by atoms with E-state index in [4.69, 9.17) is 9.47 Å². The molecule has 0 atom stereocenters. The maximum atomic E-state index is 12.5. The van der Waals surface area contributed by atoms with E-state index in [9.17, 15) is 9.59 Å². The molecule has 0 radical (unpaired) electrons. The fraction of sp³-hybridized carbons (Fsp3) is 0.143. The average molecular weight is 539 g/mol. The fourth-order valence-corrected chi connectivity index (χ4v) is 4.35. The molecule has 29 heavy (non-hydrogen) atoms. The lowest BCUT2D eigenvalue weighted by molar-refractivity contribution is -0.118. The maximum absolute atomic E-state index is 12.5. The maximum Gasteiger partial charge on any atom is 0.341 e. The van der Waals surface area contributed by atoms with Gasteiger partial charge in [-0.15, -0.1) is 11.3 Å². The van der Waals surface area contributed by atoms with Gasteiger partial charge in [0, 0.05) is 19.4 Å². The monoisotopic (exact) mass is 537 g/mol. The fourth-order valence-electron chi connectivity index (χ4n) is 2.74. The van der Waals surface area contributed by atoms with Gasteiger partial charge < -0.3 is 14.8 Å². The van der Waals surface area contributed by atoms with E-state index in [0.717, 1.165) is 24.9 Å². The number of nitrogens with one attached hydrogen (secondary N) is 1. The Bertz CT molecular complexity index is 1030. The predicted molar refractivity (Wildman–Crippen MR) is 122 cm³/mol. The van der Waals surface area contributed by atoms with E-state index in [1.807, 2.05) is 43.3 Å². The molecule has 0 aliphatic heterocycles. The number of ether oxygens (including phenoxy) is 2. The first-order valence-corrected chi connectivity index (χ1v) is 10.9. The molecular weight excluding hydrogens is 522 g/mol. The third kappa shape index (κ3) is 5.26. The van der Waals surface area contributed by atoms with Crippen LogP contribution in [0.1, 0.15) is 15.2 Å². The zero-order valence-corrected chi connectivity index (χ0v) is 19.6. The summed E-state index contributed by atoms with van der Waals surface area (Å²) in [5.41, 5.74) is 1.96. The van der Waals surface area contributed by atoms with Crippen molar-refractivity contribution in [2.45, 2.75) is 6.92 Å². The summed E-state index contributed by atoms with van der Waals surface area (Å²) >= 11 is 8.09. The highest BCUT2D eigenvalue weighted by molar-refractivity contribution is 9.10. The topological polar surface area (TPSA) is 64.6 Å². The van der Waals surface area contributed by atoms with Crippen LogP contribution in [0.4, 0.5) is 5.00 Å². The first-order valence-electron chi connectivity index (χ1n) is 8.55. The molecule has 0 saturated heterocycles. The van der Waals surface area contributed by atoms with Crippen LogP contribution in [-0.2, 0) is 9.53 Å². The molecule has 1 amide bonds.